The number of aromatic nitrogens is 5. The average Bonchev–Trinajstić information content (AvgIpc) is 3.47. The molecule has 0 radical (unpaired) electrons. The minimum Gasteiger partial charge on any atom is -0.306 e. The monoisotopic (exact) mass is 389 g/mol. The molecule has 0 bridgehead atoms. The van der Waals surface area contributed by atoms with Crippen molar-refractivity contribution in [2.45, 2.75) is 48.6 Å². The summed E-state index contributed by atoms with van der Waals surface area (Å²) in [6.45, 7) is 0. The van der Waals surface area contributed by atoms with Crippen molar-refractivity contribution in [2.75, 3.05) is 0 Å². The fourth-order valence-electron chi connectivity index (χ4n) is 2.91. The third-order valence-electron chi connectivity index (χ3n) is 4.36. The van der Waals surface area contributed by atoms with Crippen LogP contribution in [0.15, 0.2) is 34.2 Å². The summed E-state index contributed by atoms with van der Waals surface area (Å²) in [7, 11) is 0. The highest BCUT2D eigenvalue weighted by atomic mass is 79.9. The van der Waals surface area contributed by atoms with Crippen molar-refractivity contribution in [3.05, 3.63) is 40.5 Å². The van der Waals surface area contributed by atoms with Gasteiger partial charge in [0.15, 0.2) is 5.16 Å². The molecule has 0 aliphatic heterocycles. The summed E-state index contributed by atoms with van der Waals surface area (Å²) in [5.74, 6) is 2.70. The molecule has 3 aromatic heterocycles. The van der Waals surface area contributed by atoms with Gasteiger partial charge >= 0.3 is 0 Å². The zero-order chi connectivity index (χ0) is 15.4. The van der Waals surface area contributed by atoms with Crippen LogP contribution in [0.3, 0.4) is 0 Å². The molecular weight excluding hydrogens is 374 g/mol. The first-order valence-electron chi connectivity index (χ1n) is 7.98. The van der Waals surface area contributed by atoms with Crippen LogP contribution >= 0.6 is 27.7 Å². The van der Waals surface area contributed by atoms with Gasteiger partial charge in [-0.15, -0.1) is 10.2 Å². The Bertz CT molecular complexity index is 878. The minimum atomic E-state index is 0.639. The lowest BCUT2D eigenvalue weighted by Gasteiger charge is -2.07. The van der Waals surface area contributed by atoms with Crippen molar-refractivity contribution in [1.29, 1.82) is 0 Å². The van der Waals surface area contributed by atoms with E-state index >= 15 is 0 Å². The Morgan fingerprint density at radius 2 is 2.00 bits per heavy atom. The summed E-state index contributed by atoms with van der Waals surface area (Å²) in [5, 5.41) is 9.98. The van der Waals surface area contributed by atoms with Crippen molar-refractivity contribution in [3.63, 3.8) is 0 Å². The second kappa shape index (κ2) is 5.34. The second-order valence-corrected chi connectivity index (χ2v) is 8.21. The van der Waals surface area contributed by atoms with E-state index in [2.05, 4.69) is 46.3 Å². The Morgan fingerprint density at radius 1 is 1.13 bits per heavy atom. The van der Waals surface area contributed by atoms with Gasteiger partial charge in [0.05, 0.1) is 5.69 Å². The third-order valence-corrected chi connectivity index (χ3v) is 5.81. The Morgan fingerprint density at radius 3 is 2.78 bits per heavy atom. The Kier molecular flexibility index (Phi) is 3.26. The lowest BCUT2D eigenvalue weighted by Crippen LogP contribution is -2.01. The van der Waals surface area contributed by atoms with Crippen molar-refractivity contribution in [2.24, 2.45) is 0 Å². The molecule has 3 aromatic rings. The number of hydrogen-bond donors (Lipinski definition) is 0. The fourth-order valence-corrected chi connectivity index (χ4v) is 4.16. The van der Waals surface area contributed by atoms with E-state index in [1.165, 1.54) is 31.5 Å². The SMILES string of the molecule is Brc1ccc2nc(CSc3nnc(C4CC4)n3C3CC3)cn2c1. The molecule has 0 spiro atoms. The molecule has 0 atom stereocenters. The van der Waals surface area contributed by atoms with Crippen LogP contribution in [-0.2, 0) is 5.75 Å². The molecule has 23 heavy (non-hydrogen) atoms. The first-order chi connectivity index (χ1) is 11.3. The van der Waals surface area contributed by atoms with Gasteiger partial charge in [-0.3, -0.25) is 0 Å². The largest absolute Gasteiger partial charge is 0.306 e. The molecule has 5 rings (SSSR count). The van der Waals surface area contributed by atoms with Crippen molar-refractivity contribution >= 4 is 33.3 Å². The molecular formula is C16H16BrN5S. The van der Waals surface area contributed by atoms with Crippen molar-refractivity contribution < 1.29 is 0 Å². The van der Waals surface area contributed by atoms with Gasteiger partial charge in [0.2, 0.25) is 0 Å². The molecule has 2 aliphatic rings. The quantitative estimate of drug-likeness (QED) is 0.613. The van der Waals surface area contributed by atoms with Gasteiger partial charge in [0.1, 0.15) is 11.5 Å². The van der Waals surface area contributed by atoms with Gasteiger partial charge < -0.3 is 8.97 Å². The molecule has 2 fully saturated rings. The lowest BCUT2D eigenvalue weighted by atomic mass is 10.4. The normalized spacial score (nSPS) is 18.0. The molecule has 3 heterocycles. The van der Waals surface area contributed by atoms with E-state index in [0.29, 0.717) is 12.0 Å². The van der Waals surface area contributed by atoms with Crippen LogP contribution in [0.25, 0.3) is 5.65 Å². The number of pyridine rings is 1. The van der Waals surface area contributed by atoms with E-state index in [9.17, 15) is 0 Å². The Balaban J connectivity index is 1.39. The topological polar surface area (TPSA) is 48.0 Å². The highest BCUT2D eigenvalue weighted by molar-refractivity contribution is 9.10. The first kappa shape index (κ1) is 14.0. The summed E-state index contributed by atoms with van der Waals surface area (Å²) in [6, 6.07) is 4.68. The summed E-state index contributed by atoms with van der Waals surface area (Å²) in [4.78, 5) is 4.68. The van der Waals surface area contributed by atoms with Crippen LogP contribution in [-0.4, -0.2) is 24.1 Å². The highest BCUT2D eigenvalue weighted by Crippen LogP contribution is 2.46. The molecule has 0 aromatic carbocycles. The smallest absolute Gasteiger partial charge is 0.191 e. The maximum absolute atomic E-state index is 4.68. The van der Waals surface area contributed by atoms with Gasteiger partial charge in [0.25, 0.3) is 0 Å². The average molecular weight is 390 g/mol. The van der Waals surface area contributed by atoms with Crippen LogP contribution in [0.2, 0.25) is 0 Å². The van der Waals surface area contributed by atoms with Crippen molar-refractivity contribution in [3.8, 4) is 0 Å². The number of imidazole rings is 1. The molecule has 0 saturated heterocycles. The number of thioether (sulfide) groups is 1. The maximum atomic E-state index is 4.68. The predicted molar refractivity (Wildman–Crippen MR) is 92.7 cm³/mol. The van der Waals surface area contributed by atoms with Crippen LogP contribution in [0.4, 0.5) is 0 Å². The van der Waals surface area contributed by atoms with Crippen LogP contribution < -0.4 is 0 Å². The molecule has 0 unspecified atom stereocenters. The Hall–Kier alpha value is -1.34. The first-order valence-corrected chi connectivity index (χ1v) is 9.76. The van der Waals surface area contributed by atoms with Crippen LogP contribution in [0.1, 0.15) is 49.2 Å². The molecule has 7 heteroatoms. The van der Waals surface area contributed by atoms with E-state index in [4.69, 9.17) is 0 Å². The number of halogens is 1. The number of rotatable bonds is 5. The summed E-state index contributed by atoms with van der Waals surface area (Å²) >= 11 is 5.25. The summed E-state index contributed by atoms with van der Waals surface area (Å²) < 4.78 is 5.51. The van der Waals surface area contributed by atoms with Crippen molar-refractivity contribution in [1.82, 2.24) is 24.1 Å². The number of nitrogens with zero attached hydrogens (tertiary/aromatic N) is 5. The van der Waals surface area contributed by atoms with Gasteiger partial charge in [-0.2, -0.15) is 0 Å². The zero-order valence-electron chi connectivity index (χ0n) is 12.5. The maximum Gasteiger partial charge on any atom is 0.191 e. The zero-order valence-corrected chi connectivity index (χ0v) is 14.9. The van der Waals surface area contributed by atoms with E-state index < -0.39 is 0 Å². The standard InChI is InChI=1S/C16H16BrN5S/c17-11-3-6-14-18-12(8-21(14)7-11)9-23-16-20-19-15(10-1-2-10)22(16)13-4-5-13/h3,6-8,10,13H,1-2,4-5,9H2. The minimum absolute atomic E-state index is 0.639. The fraction of sp³-hybridized carbons (Fsp3) is 0.438. The molecule has 118 valence electrons. The summed E-state index contributed by atoms with van der Waals surface area (Å²) in [6.07, 6.45) is 9.22. The van der Waals surface area contributed by atoms with Crippen LogP contribution in [0.5, 0.6) is 0 Å². The summed E-state index contributed by atoms with van der Waals surface area (Å²) in [5.41, 5.74) is 2.05. The third kappa shape index (κ3) is 2.70. The van der Waals surface area contributed by atoms with Gasteiger partial charge in [-0.05, 0) is 53.7 Å². The molecule has 2 saturated carbocycles. The van der Waals surface area contributed by atoms with Gasteiger partial charge in [-0.1, -0.05) is 11.8 Å². The molecule has 2 aliphatic carbocycles. The van der Waals surface area contributed by atoms with Gasteiger partial charge in [-0.25, -0.2) is 4.98 Å². The van der Waals surface area contributed by atoms with Gasteiger partial charge in [0, 0.05) is 34.6 Å². The number of hydrogen-bond acceptors (Lipinski definition) is 4. The van der Waals surface area contributed by atoms with Crippen LogP contribution in [0, 0.1) is 0 Å². The molecule has 5 nitrogen and oxygen atoms in total. The molecule has 0 N–H and O–H groups in total. The Labute approximate surface area is 146 Å². The van der Waals surface area contributed by atoms with E-state index in [-0.39, 0.29) is 0 Å². The lowest BCUT2D eigenvalue weighted by molar-refractivity contribution is 0.627. The second-order valence-electron chi connectivity index (χ2n) is 6.35. The van der Waals surface area contributed by atoms with E-state index in [1.807, 2.05) is 18.3 Å². The van der Waals surface area contributed by atoms with E-state index in [1.54, 1.807) is 11.8 Å². The molecule has 0 amide bonds. The number of fused-ring (bicyclic) bond motifs is 1. The highest BCUT2D eigenvalue weighted by Gasteiger charge is 2.36. The predicted octanol–water partition coefficient (Wildman–Crippen LogP) is 4.19. The van der Waals surface area contributed by atoms with E-state index in [0.717, 1.165) is 26.7 Å².